The van der Waals surface area contributed by atoms with Crippen LogP contribution >= 0.6 is 11.8 Å². The molecule has 1 atom stereocenters. The molecule has 2 amide bonds. The fourth-order valence-corrected chi connectivity index (χ4v) is 1.91. The average molecular weight is 262 g/mol. The number of thioether (sulfide) groups is 1. The Morgan fingerprint density at radius 3 is 2.29 bits per heavy atom. The van der Waals surface area contributed by atoms with Gasteiger partial charge in [0.2, 0.25) is 0 Å². The minimum Gasteiger partial charge on any atom is -0.480 e. The van der Waals surface area contributed by atoms with E-state index in [9.17, 15) is 9.59 Å². The molecule has 0 radical (unpaired) electrons. The van der Waals surface area contributed by atoms with Crippen LogP contribution in [0.4, 0.5) is 4.79 Å². The SMILES string of the molecule is CSCC(C)NC(=O)N(CC(=O)O)C(C)(C)C. The zero-order valence-electron chi connectivity index (χ0n) is 11.1. The highest BCUT2D eigenvalue weighted by molar-refractivity contribution is 7.98. The smallest absolute Gasteiger partial charge is 0.323 e. The van der Waals surface area contributed by atoms with Gasteiger partial charge in [-0.1, -0.05) is 0 Å². The molecule has 0 aromatic heterocycles. The number of hydrogen-bond donors (Lipinski definition) is 2. The highest BCUT2D eigenvalue weighted by Crippen LogP contribution is 2.13. The number of urea groups is 1. The Balaban J connectivity index is 4.59. The Morgan fingerprint density at radius 1 is 1.41 bits per heavy atom. The third kappa shape index (κ3) is 6.41. The van der Waals surface area contributed by atoms with Gasteiger partial charge < -0.3 is 15.3 Å². The number of nitrogens with one attached hydrogen (secondary N) is 1. The van der Waals surface area contributed by atoms with Crippen LogP contribution in [0, 0.1) is 0 Å². The molecule has 5 nitrogen and oxygen atoms in total. The van der Waals surface area contributed by atoms with E-state index in [4.69, 9.17) is 5.11 Å². The summed E-state index contributed by atoms with van der Waals surface area (Å²) in [6.45, 7) is 7.05. The minimum absolute atomic E-state index is 0.0242. The molecule has 0 aliphatic rings. The van der Waals surface area contributed by atoms with Crippen molar-refractivity contribution in [3.8, 4) is 0 Å². The quantitative estimate of drug-likeness (QED) is 0.790. The molecule has 0 aliphatic carbocycles. The lowest BCUT2D eigenvalue weighted by Crippen LogP contribution is -2.54. The monoisotopic (exact) mass is 262 g/mol. The first kappa shape index (κ1) is 16.1. The summed E-state index contributed by atoms with van der Waals surface area (Å²) in [7, 11) is 0. The molecule has 0 heterocycles. The molecular formula is C11H22N2O3S. The Morgan fingerprint density at radius 2 is 1.94 bits per heavy atom. The number of carboxylic acid groups (broad SMARTS) is 1. The molecule has 0 aromatic carbocycles. The summed E-state index contributed by atoms with van der Waals surface area (Å²) in [5, 5.41) is 11.6. The summed E-state index contributed by atoms with van der Waals surface area (Å²) in [6, 6.07) is -0.308. The van der Waals surface area contributed by atoms with Crippen molar-refractivity contribution in [1.29, 1.82) is 0 Å². The van der Waals surface area contributed by atoms with E-state index in [0.717, 1.165) is 5.75 Å². The summed E-state index contributed by atoms with van der Waals surface area (Å²) in [5.41, 5.74) is -0.512. The summed E-state index contributed by atoms with van der Waals surface area (Å²) in [6.07, 6.45) is 1.96. The van der Waals surface area contributed by atoms with Crippen LogP contribution in [0.3, 0.4) is 0 Å². The largest absolute Gasteiger partial charge is 0.480 e. The Kier molecular flexibility index (Phi) is 6.37. The first-order valence-corrected chi connectivity index (χ1v) is 6.86. The van der Waals surface area contributed by atoms with Crippen LogP contribution in [-0.2, 0) is 4.79 Å². The van der Waals surface area contributed by atoms with Gasteiger partial charge in [-0.3, -0.25) is 4.79 Å². The molecule has 2 N–H and O–H groups in total. The molecule has 17 heavy (non-hydrogen) atoms. The van der Waals surface area contributed by atoms with E-state index in [1.807, 2.05) is 34.0 Å². The topological polar surface area (TPSA) is 69.6 Å². The number of nitrogens with zero attached hydrogens (tertiary/aromatic N) is 1. The van der Waals surface area contributed by atoms with Crippen molar-refractivity contribution in [3.63, 3.8) is 0 Å². The molecule has 0 saturated heterocycles. The molecule has 0 aliphatic heterocycles. The number of carboxylic acids is 1. The van der Waals surface area contributed by atoms with Gasteiger partial charge in [0.25, 0.3) is 0 Å². The molecule has 1 unspecified atom stereocenters. The van der Waals surface area contributed by atoms with Crippen LogP contribution in [0.2, 0.25) is 0 Å². The zero-order valence-corrected chi connectivity index (χ0v) is 11.9. The summed E-state index contributed by atoms with van der Waals surface area (Å²) >= 11 is 1.64. The predicted molar refractivity (Wildman–Crippen MR) is 70.5 cm³/mol. The van der Waals surface area contributed by atoms with Crippen molar-refractivity contribution in [2.45, 2.75) is 39.3 Å². The Bertz CT molecular complexity index is 276. The highest BCUT2D eigenvalue weighted by atomic mass is 32.2. The first-order valence-electron chi connectivity index (χ1n) is 5.47. The number of rotatable bonds is 5. The van der Waals surface area contributed by atoms with E-state index in [-0.39, 0.29) is 18.6 Å². The van der Waals surface area contributed by atoms with Gasteiger partial charge in [-0.25, -0.2) is 4.79 Å². The second-order valence-corrected chi connectivity index (χ2v) is 5.87. The van der Waals surface area contributed by atoms with Crippen LogP contribution in [0.15, 0.2) is 0 Å². The normalized spacial score (nSPS) is 13.0. The molecule has 0 aromatic rings. The molecule has 0 bridgehead atoms. The van der Waals surface area contributed by atoms with Crippen molar-refractivity contribution in [2.75, 3.05) is 18.6 Å². The molecule has 0 rings (SSSR count). The summed E-state index contributed by atoms with van der Waals surface area (Å²) in [4.78, 5) is 24.0. The van der Waals surface area contributed by atoms with Gasteiger partial charge in [0, 0.05) is 17.3 Å². The zero-order chi connectivity index (χ0) is 13.6. The number of amides is 2. The summed E-state index contributed by atoms with van der Waals surface area (Å²) < 4.78 is 0. The van der Waals surface area contributed by atoms with Crippen molar-refractivity contribution < 1.29 is 14.7 Å². The second-order valence-electron chi connectivity index (χ2n) is 4.96. The lowest BCUT2D eigenvalue weighted by atomic mass is 10.1. The predicted octanol–water partition coefficient (Wildman–Crippen LogP) is 1.63. The fraction of sp³-hybridized carbons (Fsp3) is 0.818. The van der Waals surface area contributed by atoms with Crippen molar-refractivity contribution in [2.24, 2.45) is 0 Å². The van der Waals surface area contributed by atoms with Crippen LogP contribution in [-0.4, -0.2) is 52.1 Å². The van der Waals surface area contributed by atoms with Crippen LogP contribution < -0.4 is 5.32 Å². The van der Waals surface area contributed by atoms with Gasteiger partial charge in [0.1, 0.15) is 6.54 Å². The molecular weight excluding hydrogens is 240 g/mol. The second kappa shape index (κ2) is 6.74. The van der Waals surface area contributed by atoms with Crippen LogP contribution in [0.5, 0.6) is 0 Å². The lowest BCUT2D eigenvalue weighted by Gasteiger charge is -2.35. The third-order valence-corrected chi connectivity index (χ3v) is 2.97. The van der Waals surface area contributed by atoms with Gasteiger partial charge in [0.05, 0.1) is 0 Å². The molecule has 100 valence electrons. The number of aliphatic carboxylic acids is 1. The molecule has 0 saturated carbocycles. The lowest BCUT2D eigenvalue weighted by molar-refractivity contribution is -0.138. The van der Waals surface area contributed by atoms with Crippen molar-refractivity contribution in [1.82, 2.24) is 10.2 Å². The summed E-state index contributed by atoms with van der Waals surface area (Å²) in [5.74, 6) is -0.204. The van der Waals surface area contributed by atoms with E-state index in [1.165, 1.54) is 4.90 Å². The van der Waals surface area contributed by atoms with Gasteiger partial charge >= 0.3 is 12.0 Å². The van der Waals surface area contributed by atoms with Gasteiger partial charge in [-0.05, 0) is 34.0 Å². The Hall–Kier alpha value is -0.910. The minimum atomic E-state index is -1.01. The van der Waals surface area contributed by atoms with Gasteiger partial charge in [-0.15, -0.1) is 0 Å². The standard InChI is InChI=1S/C11H22N2O3S/c1-8(7-17-5)12-10(16)13(6-9(14)15)11(2,3)4/h8H,6-7H2,1-5H3,(H,12,16)(H,14,15). The number of hydrogen-bond acceptors (Lipinski definition) is 3. The average Bonchev–Trinajstić information content (AvgIpc) is 2.12. The van der Waals surface area contributed by atoms with E-state index in [0.29, 0.717) is 0 Å². The Labute approximate surface area is 107 Å². The van der Waals surface area contributed by atoms with Gasteiger partial charge in [-0.2, -0.15) is 11.8 Å². The van der Waals surface area contributed by atoms with Gasteiger partial charge in [0.15, 0.2) is 0 Å². The van der Waals surface area contributed by atoms with E-state index < -0.39 is 11.5 Å². The van der Waals surface area contributed by atoms with Crippen molar-refractivity contribution >= 4 is 23.8 Å². The highest BCUT2D eigenvalue weighted by Gasteiger charge is 2.28. The number of carbonyl (C=O) groups is 2. The van der Waals surface area contributed by atoms with Crippen LogP contribution in [0.1, 0.15) is 27.7 Å². The van der Waals surface area contributed by atoms with Crippen LogP contribution in [0.25, 0.3) is 0 Å². The third-order valence-electron chi connectivity index (χ3n) is 2.13. The maximum atomic E-state index is 12.0. The number of carbonyl (C=O) groups excluding carboxylic acids is 1. The molecule has 6 heteroatoms. The molecule has 0 fully saturated rings. The van der Waals surface area contributed by atoms with E-state index in [2.05, 4.69) is 5.32 Å². The van der Waals surface area contributed by atoms with E-state index >= 15 is 0 Å². The van der Waals surface area contributed by atoms with E-state index in [1.54, 1.807) is 11.8 Å². The molecule has 0 spiro atoms. The maximum Gasteiger partial charge on any atom is 0.323 e. The van der Waals surface area contributed by atoms with Crippen molar-refractivity contribution in [3.05, 3.63) is 0 Å². The maximum absolute atomic E-state index is 12.0. The fourth-order valence-electron chi connectivity index (χ4n) is 1.33. The first-order chi connectivity index (χ1) is 7.68.